The van der Waals surface area contributed by atoms with Crippen LogP contribution in [0.3, 0.4) is 0 Å². The van der Waals surface area contributed by atoms with Gasteiger partial charge in [0.15, 0.2) is 0 Å². The fourth-order valence-corrected chi connectivity index (χ4v) is 3.14. The summed E-state index contributed by atoms with van der Waals surface area (Å²) in [6, 6.07) is 8.88. The first-order chi connectivity index (χ1) is 10.2. The lowest BCUT2D eigenvalue weighted by Crippen LogP contribution is -2.35. The van der Waals surface area contributed by atoms with E-state index in [2.05, 4.69) is 18.3 Å². The number of nitrogens with two attached hydrogens (primary N) is 1. The minimum Gasteiger partial charge on any atom is -0.497 e. The van der Waals surface area contributed by atoms with Gasteiger partial charge in [0.1, 0.15) is 11.6 Å². The minimum atomic E-state index is 0.321. The average molecular weight is 285 g/mol. The van der Waals surface area contributed by atoms with Crippen LogP contribution in [0.2, 0.25) is 0 Å². The highest BCUT2D eigenvalue weighted by atomic mass is 16.5. The van der Waals surface area contributed by atoms with Crippen molar-refractivity contribution < 1.29 is 4.74 Å². The second kappa shape index (κ2) is 5.90. The summed E-state index contributed by atoms with van der Waals surface area (Å²) in [5, 5.41) is 4.69. The van der Waals surface area contributed by atoms with E-state index < -0.39 is 0 Å². The number of pyridine rings is 1. The minimum absolute atomic E-state index is 0.321. The molecule has 0 radical (unpaired) electrons. The van der Waals surface area contributed by atoms with E-state index in [4.69, 9.17) is 15.5 Å². The van der Waals surface area contributed by atoms with Gasteiger partial charge in [0.05, 0.1) is 12.6 Å². The summed E-state index contributed by atoms with van der Waals surface area (Å²) >= 11 is 0. The van der Waals surface area contributed by atoms with Gasteiger partial charge in [0.2, 0.25) is 0 Å². The Bertz CT molecular complexity index is 641. The molecule has 1 fully saturated rings. The Hall–Kier alpha value is -1.81. The van der Waals surface area contributed by atoms with Gasteiger partial charge in [-0.1, -0.05) is 0 Å². The molecule has 21 heavy (non-hydrogen) atoms. The Labute approximate surface area is 125 Å². The molecule has 1 aromatic heterocycles. The quantitative estimate of drug-likeness (QED) is 0.909. The number of ether oxygens (including phenoxy) is 1. The zero-order chi connectivity index (χ0) is 14.8. The molecule has 1 aliphatic carbocycles. The highest BCUT2D eigenvalue weighted by Gasteiger charge is 2.19. The van der Waals surface area contributed by atoms with Gasteiger partial charge in [-0.15, -0.1) is 0 Å². The molecule has 4 heteroatoms. The van der Waals surface area contributed by atoms with Crippen LogP contribution in [0.4, 0.5) is 5.82 Å². The topological polar surface area (TPSA) is 60.2 Å². The molecule has 1 heterocycles. The fraction of sp³-hybridized carbons (Fsp3) is 0.471. The van der Waals surface area contributed by atoms with Gasteiger partial charge in [-0.05, 0) is 62.4 Å². The van der Waals surface area contributed by atoms with Gasteiger partial charge in [0.25, 0.3) is 0 Å². The molecule has 0 saturated heterocycles. The van der Waals surface area contributed by atoms with Crippen molar-refractivity contribution in [3.8, 4) is 5.75 Å². The molecule has 1 aliphatic rings. The summed E-state index contributed by atoms with van der Waals surface area (Å²) in [6.07, 6.45) is 4.54. The maximum absolute atomic E-state index is 6.06. The summed E-state index contributed by atoms with van der Waals surface area (Å²) < 4.78 is 5.28. The third-order valence-corrected chi connectivity index (χ3v) is 4.29. The number of aryl methyl sites for hydroxylation is 1. The van der Waals surface area contributed by atoms with Crippen LogP contribution >= 0.6 is 0 Å². The number of hydrogen-bond donors (Lipinski definition) is 2. The van der Waals surface area contributed by atoms with Crippen molar-refractivity contribution >= 4 is 16.7 Å². The van der Waals surface area contributed by atoms with Crippen molar-refractivity contribution in [1.29, 1.82) is 0 Å². The van der Waals surface area contributed by atoms with E-state index in [-0.39, 0.29) is 0 Å². The van der Waals surface area contributed by atoms with Crippen molar-refractivity contribution in [3.05, 3.63) is 29.8 Å². The summed E-state index contributed by atoms with van der Waals surface area (Å²) in [5.41, 5.74) is 8.27. The zero-order valence-corrected chi connectivity index (χ0v) is 12.7. The van der Waals surface area contributed by atoms with Crippen molar-refractivity contribution in [2.45, 2.75) is 44.7 Å². The summed E-state index contributed by atoms with van der Waals surface area (Å²) in [7, 11) is 1.69. The van der Waals surface area contributed by atoms with Crippen LogP contribution in [0.1, 0.15) is 31.2 Å². The lowest BCUT2D eigenvalue weighted by Gasteiger charge is -2.28. The zero-order valence-electron chi connectivity index (χ0n) is 12.7. The molecule has 2 unspecified atom stereocenters. The van der Waals surface area contributed by atoms with Gasteiger partial charge in [-0.25, -0.2) is 4.98 Å². The van der Waals surface area contributed by atoms with Crippen molar-refractivity contribution in [2.24, 2.45) is 5.73 Å². The van der Waals surface area contributed by atoms with Crippen molar-refractivity contribution in [1.82, 2.24) is 4.98 Å². The monoisotopic (exact) mass is 285 g/mol. The number of nitrogens with zero attached hydrogens (tertiary/aromatic N) is 1. The standard InChI is InChI=1S/C17H23N3O/c1-11-8-17(19-13-5-3-4-12(18)9-13)20-16-7-6-14(21-2)10-15(11)16/h6-8,10,12-13H,3-5,9,18H2,1-2H3,(H,19,20). The fourth-order valence-electron chi connectivity index (χ4n) is 3.14. The molecule has 112 valence electrons. The Morgan fingerprint density at radius 1 is 1.29 bits per heavy atom. The van der Waals surface area contributed by atoms with Crippen molar-refractivity contribution in [3.63, 3.8) is 0 Å². The molecule has 0 bridgehead atoms. The lowest BCUT2D eigenvalue weighted by molar-refractivity contribution is 0.409. The first-order valence-corrected chi connectivity index (χ1v) is 7.63. The van der Waals surface area contributed by atoms with Gasteiger partial charge in [-0.2, -0.15) is 0 Å². The van der Waals surface area contributed by atoms with Crippen molar-refractivity contribution in [2.75, 3.05) is 12.4 Å². The van der Waals surface area contributed by atoms with Gasteiger partial charge >= 0.3 is 0 Å². The third kappa shape index (κ3) is 3.10. The molecule has 3 N–H and O–H groups in total. The highest BCUT2D eigenvalue weighted by molar-refractivity contribution is 5.85. The van der Waals surface area contributed by atoms with Crippen LogP contribution in [0.15, 0.2) is 24.3 Å². The van der Waals surface area contributed by atoms with Crippen LogP contribution in [-0.4, -0.2) is 24.2 Å². The molecular formula is C17H23N3O. The van der Waals surface area contributed by atoms with Gasteiger partial charge in [-0.3, -0.25) is 0 Å². The Morgan fingerprint density at radius 3 is 2.90 bits per heavy atom. The molecule has 2 atom stereocenters. The maximum Gasteiger partial charge on any atom is 0.127 e. The van der Waals surface area contributed by atoms with Crippen LogP contribution in [0, 0.1) is 6.92 Å². The van der Waals surface area contributed by atoms with Gasteiger partial charge in [0, 0.05) is 17.5 Å². The molecule has 2 aromatic rings. The van der Waals surface area contributed by atoms with Gasteiger partial charge < -0.3 is 15.8 Å². The second-order valence-electron chi connectivity index (χ2n) is 5.98. The predicted molar refractivity (Wildman–Crippen MR) is 86.9 cm³/mol. The van der Waals surface area contributed by atoms with E-state index in [0.29, 0.717) is 12.1 Å². The lowest BCUT2D eigenvalue weighted by atomic mass is 9.91. The van der Waals surface area contributed by atoms with E-state index >= 15 is 0 Å². The molecule has 0 amide bonds. The highest BCUT2D eigenvalue weighted by Crippen LogP contribution is 2.26. The van der Waals surface area contributed by atoms with E-state index in [1.54, 1.807) is 7.11 Å². The smallest absolute Gasteiger partial charge is 0.127 e. The Kier molecular flexibility index (Phi) is 3.97. The average Bonchev–Trinajstić information content (AvgIpc) is 2.47. The maximum atomic E-state index is 6.06. The van der Waals surface area contributed by atoms with E-state index in [1.807, 2.05) is 18.2 Å². The number of nitrogens with one attached hydrogen (secondary N) is 1. The SMILES string of the molecule is COc1ccc2nc(NC3CCCC(N)C3)cc(C)c2c1. The molecule has 1 saturated carbocycles. The number of aromatic nitrogens is 1. The third-order valence-electron chi connectivity index (χ3n) is 4.29. The molecule has 4 nitrogen and oxygen atoms in total. The second-order valence-corrected chi connectivity index (χ2v) is 5.98. The van der Waals surface area contributed by atoms with E-state index in [9.17, 15) is 0 Å². The van der Waals surface area contributed by atoms with Crippen LogP contribution in [-0.2, 0) is 0 Å². The number of methoxy groups -OCH3 is 1. The predicted octanol–water partition coefficient (Wildman–Crippen LogP) is 3.23. The molecule has 1 aromatic carbocycles. The van der Waals surface area contributed by atoms with E-state index in [0.717, 1.165) is 35.3 Å². The molecule has 3 rings (SSSR count). The summed E-state index contributed by atoms with van der Waals surface area (Å²) in [4.78, 5) is 4.72. The molecule has 0 aliphatic heterocycles. The first kappa shape index (κ1) is 14.1. The molecular weight excluding hydrogens is 262 g/mol. The Balaban J connectivity index is 1.86. The number of rotatable bonds is 3. The van der Waals surface area contributed by atoms with Crippen LogP contribution in [0.25, 0.3) is 10.9 Å². The normalized spacial score (nSPS) is 22.2. The molecule has 0 spiro atoms. The number of fused-ring (bicyclic) bond motifs is 1. The summed E-state index contributed by atoms with van der Waals surface area (Å²) in [6.45, 7) is 2.11. The summed E-state index contributed by atoms with van der Waals surface area (Å²) in [5.74, 6) is 1.82. The largest absolute Gasteiger partial charge is 0.497 e. The van der Waals surface area contributed by atoms with Crippen LogP contribution < -0.4 is 15.8 Å². The number of hydrogen-bond acceptors (Lipinski definition) is 4. The van der Waals surface area contributed by atoms with E-state index in [1.165, 1.54) is 18.4 Å². The number of benzene rings is 1. The number of anilines is 1. The Morgan fingerprint density at radius 2 is 2.14 bits per heavy atom. The first-order valence-electron chi connectivity index (χ1n) is 7.63. The van der Waals surface area contributed by atoms with Crippen LogP contribution in [0.5, 0.6) is 5.75 Å².